The van der Waals surface area contributed by atoms with Crippen LogP contribution in [0, 0.1) is 30.2 Å². The van der Waals surface area contributed by atoms with E-state index in [0.717, 1.165) is 30.3 Å². The fourth-order valence-electron chi connectivity index (χ4n) is 1.70. The Morgan fingerprint density at radius 2 is 1.37 bits per heavy atom. The maximum Gasteiger partial charge on any atom is 0.204 e. The van der Waals surface area contributed by atoms with Gasteiger partial charge in [0, 0.05) is 0 Å². The largest absolute Gasteiger partial charge is 0.288 e. The molecular formula is C14H8F4O. The van der Waals surface area contributed by atoms with Crippen molar-refractivity contribution in [3.05, 3.63) is 70.3 Å². The molecule has 2 aromatic carbocycles. The van der Waals surface area contributed by atoms with E-state index >= 15 is 0 Å². The molecule has 0 atom stereocenters. The van der Waals surface area contributed by atoms with Gasteiger partial charge >= 0.3 is 0 Å². The van der Waals surface area contributed by atoms with Crippen molar-refractivity contribution in [2.75, 3.05) is 0 Å². The summed E-state index contributed by atoms with van der Waals surface area (Å²) in [5, 5.41) is 0. The van der Waals surface area contributed by atoms with Gasteiger partial charge in [0.25, 0.3) is 0 Å². The van der Waals surface area contributed by atoms with Gasteiger partial charge in [0.1, 0.15) is 23.3 Å². The van der Waals surface area contributed by atoms with E-state index < -0.39 is 40.2 Å². The predicted octanol–water partition coefficient (Wildman–Crippen LogP) is 3.78. The van der Waals surface area contributed by atoms with E-state index in [4.69, 9.17) is 0 Å². The molecule has 0 bridgehead atoms. The molecule has 0 aliphatic rings. The van der Waals surface area contributed by atoms with Crippen molar-refractivity contribution in [3.63, 3.8) is 0 Å². The third kappa shape index (κ3) is 2.23. The highest BCUT2D eigenvalue weighted by atomic mass is 19.1. The zero-order valence-corrected chi connectivity index (χ0v) is 9.81. The summed E-state index contributed by atoms with van der Waals surface area (Å²) < 4.78 is 54.2. The van der Waals surface area contributed by atoms with Crippen LogP contribution in [-0.4, -0.2) is 5.78 Å². The number of rotatable bonds is 2. The SMILES string of the molecule is Cc1ccc(F)c(C(=O)c2c(F)cccc2F)c1F. The van der Waals surface area contributed by atoms with E-state index in [1.54, 1.807) is 0 Å². The Labute approximate surface area is 106 Å². The second-order valence-electron chi connectivity index (χ2n) is 3.98. The van der Waals surface area contributed by atoms with Gasteiger partial charge in [0.05, 0.1) is 11.1 Å². The lowest BCUT2D eigenvalue weighted by Crippen LogP contribution is -2.12. The van der Waals surface area contributed by atoms with Gasteiger partial charge in [-0.1, -0.05) is 12.1 Å². The summed E-state index contributed by atoms with van der Waals surface area (Å²) in [7, 11) is 0. The zero-order chi connectivity index (χ0) is 14.2. The molecule has 0 saturated heterocycles. The topological polar surface area (TPSA) is 17.1 Å². The van der Waals surface area contributed by atoms with Crippen LogP contribution in [0.3, 0.4) is 0 Å². The Bertz CT molecular complexity index is 644. The smallest absolute Gasteiger partial charge is 0.204 e. The van der Waals surface area contributed by atoms with Crippen molar-refractivity contribution in [1.82, 2.24) is 0 Å². The second kappa shape index (κ2) is 4.84. The zero-order valence-electron chi connectivity index (χ0n) is 9.81. The molecule has 0 N–H and O–H groups in total. The standard InChI is InChI=1S/C14H8F4O/c1-7-5-6-10(17)12(13(7)18)14(19)11-8(15)3-2-4-9(11)16/h2-6H,1H3. The molecule has 0 amide bonds. The van der Waals surface area contributed by atoms with Crippen molar-refractivity contribution in [2.45, 2.75) is 6.92 Å². The second-order valence-corrected chi connectivity index (χ2v) is 3.98. The molecule has 0 saturated carbocycles. The van der Waals surface area contributed by atoms with E-state index in [9.17, 15) is 22.4 Å². The van der Waals surface area contributed by atoms with Gasteiger partial charge < -0.3 is 0 Å². The van der Waals surface area contributed by atoms with Gasteiger partial charge in [-0.25, -0.2) is 17.6 Å². The van der Waals surface area contributed by atoms with Crippen molar-refractivity contribution in [1.29, 1.82) is 0 Å². The van der Waals surface area contributed by atoms with E-state index in [1.807, 2.05) is 0 Å². The average Bonchev–Trinajstić information content (AvgIpc) is 2.34. The van der Waals surface area contributed by atoms with Crippen molar-refractivity contribution >= 4 is 5.78 Å². The summed E-state index contributed by atoms with van der Waals surface area (Å²) in [4.78, 5) is 11.9. The minimum Gasteiger partial charge on any atom is -0.288 e. The number of carbonyl (C=O) groups excluding carboxylic acids is 1. The lowest BCUT2D eigenvalue weighted by atomic mass is 9.99. The summed E-state index contributed by atoms with van der Waals surface area (Å²) in [6.45, 7) is 1.32. The molecule has 0 radical (unpaired) electrons. The predicted molar refractivity (Wildman–Crippen MR) is 60.9 cm³/mol. The molecule has 0 aromatic heterocycles. The Kier molecular flexibility index (Phi) is 3.38. The first-order chi connectivity index (χ1) is 8.93. The van der Waals surface area contributed by atoms with Crippen molar-refractivity contribution in [3.8, 4) is 0 Å². The quantitative estimate of drug-likeness (QED) is 0.598. The normalized spacial score (nSPS) is 10.6. The first-order valence-electron chi connectivity index (χ1n) is 5.36. The first-order valence-corrected chi connectivity index (χ1v) is 5.36. The highest BCUT2D eigenvalue weighted by molar-refractivity contribution is 6.09. The number of ketones is 1. The molecule has 0 heterocycles. The van der Waals surface area contributed by atoms with Crippen LogP contribution in [0.2, 0.25) is 0 Å². The van der Waals surface area contributed by atoms with Crippen LogP contribution in [0.4, 0.5) is 17.6 Å². The van der Waals surface area contributed by atoms with Crippen LogP contribution >= 0.6 is 0 Å². The highest BCUT2D eigenvalue weighted by Gasteiger charge is 2.25. The monoisotopic (exact) mass is 268 g/mol. The molecule has 2 aromatic rings. The number of hydrogen-bond acceptors (Lipinski definition) is 1. The summed E-state index contributed by atoms with van der Waals surface area (Å²) in [6, 6.07) is 4.78. The number of aryl methyl sites for hydroxylation is 1. The number of halogens is 4. The van der Waals surface area contributed by atoms with Gasteiger partial charge in [-0.3, -0.25) is 4.79 Å². The summed E-state index contributed by atoms with van der Waals surface area (Å²) in [5.74, 6) is -5.95. The molecular weight excluding hydrogens is 260 g/mol. The van der Waals surface area contributed by atoms with Gasteiger partial charge in [-0.2, -0.15) is 0 Å². The fourth-order valence-corrected chi connectivity index (χ4v) is 1.70. The molecule has 19 heavy (non-hydrogen) atoms. The van der Waals surface area contributed by atoms with Gasteiger partial charge in [0.15, 0.2) is 0 Å². The summed E-state index contributed by atoms with van der Waals surface area (Å²) in [6.07, 6.45) is 0. The maximum absolute atomic E-state index is 13.8. The summed E-state index contributed by atoms with van der Waals surface area (Å²) >= 11 is 0. The molecule has 5 heteroatoms. The van der Waals surface area contributed by atoms with Gasteiger partial charge in [0.2, 0.25) is 5.78 Å². The van der Waals surface area contributed by atoms with Crippen LogP contribution in [-0.2, 0) is 0 Å². The van der Waals surface area contributed by atoms with Crippen LogP contribution < -0.4 is 0 Å². The molecule has 0 aliphatic carbocycles. The van der Waals surface area contributed by atoms with Gasteiger partial charge in [-0.05, 0) is 30.7 Å². The van der Waals surface area contributed by atoms with Crippen LogP contribution in [0.15, 0.2) is 30.3 Å². The van der Waals surface area contributed by atoms with E-state index in [0.29, 0.717) is 0 Å². The Balaban J connectivity index is 2.67. The Morgan fingerprint density at radius 3 is 1.95 bits per heavy atom. The number of carbonyl (C=O) groups is 1. The van der Waals surface area contributed by atoms with Crippen LogP contribution in [0.1, 0.15) is 21.5 Å². The fraction of sp³-hybridized carbons (Fsp3) is 0.0714. The Hall–Kier alpha value is -2.17. The van der Waals surface area contributed by atoms with E-state index in [2.05, 4.69) is 0 Å². The molecule has 0 spiro atoms. The molecule has 0 fully saturated rings. The lowest BCUT2D eigenvalue weighted by molar-refractivity contribution is 0.102. The Morgan fingerprint density at radius 1 is 0.842 bits per heavy atom. The maximum atomic E-state index is 13.8. The first kappa shape index (κ1) is 13.3. The number of benzene rings is 2. The number of hydrogen-bond donors (Lipinski definition) is 0. The molecule has 2 rings (SSSR count). The molecule has 0 unspecified atom stereocenters. The summed E-state index contributed by atoms with van der Waals surface area (Å²) in [5.41, 5.74) is -1.91. The minimum absolute atomic E-state index is 0.0153. The van der Waals surface area contributed by atoms with Gasteiger partial charge in [-0.15, -0.1) is 0 Å². The van der Waals surface area contributed by atoms with E-state index in [-0.39, 0.29) is 5.56 Å². The third-order valence-corrected chi connectivity index (χ3v) is 2.70. The molecule has 1 nitrogen and oxygen atoms in total. The molecule has 98 valence electrons. The van der Waals surface area contributed by atoms with Crippen LogP contribution in [0.5, 0.6) is 0 Å². The lowest BCUT2D eigenvalue weighted by Gasteiger charge is -2.08. The third-order valence-electron chi connectivity index (χ3n) is 2.70. The van der Waals surface area contributed by atoms with Crippen LogP contribution in [0.25, 0.3) is 0 Å². The minimum atomic E-state index is -1.35. The molecule has 0 aliphatic heterocycles. The highest BCUT2D eigenvalue weighted by Crippen LogP contribution is 2.23. The van der Waals surface area contributed by atoms with E-state index in [1.165, 1.54) is 6.92 Å². The van der Waals surface area contributed by atoms with Crippen molar-refractivity contribution < 1.29 is 22.4 Å². The average molecular weight is 268 g/mol. The van der Waals surface area contributed by atoms with Crippen molar-refractivity contribution in [2.24, 2.45) is 0 Å².